The summed E-state index contributed by atoms with van der Waals surface area (Å²) in [5.74, 6) is 1.38. The Morgan fingerprint density at radius 2 is 2.00 bits per heavy atom. The fourth-order valence-corrected chi connectivity index (χ4v) is 2.40. The van der Waals surface area contributed by atoms with Crippen molar-refractivity contribution in [1.82, 2.24) is 9.97 Å². The Kier molecular flexibility index (Phi) is 6.40. The maximum Gasteiger partial charge on any atom is 0.274 e. The van der Waals surface area contributed by atoms with Gasteiger partial charge in [0.2, 0.25) is 0 Å². The van der Waals surface area contributed by atoms with Crippen LogP contribution in [-0.2, 0) is 0 Å². The molecule has 1 aromatic carbocycles. The average Bonchev–Trinajstić information content (AvgIpc) is 2.51. The number of benzene rings is 1. The summed E-state index contributed by atoms with van der Waals surface area (Å²) in [7, 11) is 0. The molecule has 5 nitrogen and oxygen atoms in total. The number of aryl methyl sites for hydroxylation is 1. The van der Waals surface area contributed by atoms with Crippen LogP contribution < -0.4 is 10.6 Å². The molecule has 0 atom stereocenters. The van der Waals surface area contributed by atoms with Gasteiger partial charge < -0.3 is 10.6 Å². The first kappa shape index (κ1) is 18.5. The molecule has 0 saturated heterocycles. The molecule has 1 amide bonds. The highest BCUT2D eigenvalue weighted by Crippen LogP contribution is 2.29. The SMILES string of the molecule is Cc1nc(NCCC(C)C)cc(C(=O)Nc2cccc(Cl)c2Cl)n1. The van der Waals surface area contributed by atoms with Gasteiger partial charge in [-0.05, 0) is 31.4 Å². The van der Waals surface area contributed by atoms with Crippen molar-refractivity contribution < 1.29 is 4.79 Å². The van der Waals surface area contributed by atoms with E-state index >= 15 is 0 Å². The Morgan fingerprint density at radius 3 is 2.71 bits per heavy atom. The van der Waals surface area contributed by atoms with Crippen LogP contribution in [0.4, 0.5) is 11.5 Å². The van der Waals surface area contributed by atoms with Crippen molar-refractivity contribution >= 4 is 40.6 Å². The fourth-order valence-electron chi connectivity index (χ4n) is 2.05. The molecule has 2 rings (SSSR count). The quantitative estimate of drug-likeness (QED) is 0.770. The van der Waals surface area contributed by atoms with Crippen LogP contribution in [0.5, 0.6) is 0 Å². The van der Waals surface area contributed by atoms with Crippen molar-refractivity contribution in [3.63, 3.8) is 0 Å². The summed E-state index contributed by atoms with van der Waals surface area (Å²) >= 11 is 12.1. The molecule has 0 radical (unpaired) electrons. The molecule has 1 heterocycles. The van der Waals surface area contributed by atoms with E-state index in [9.17, 15) is 4.79 Å². The van der Waals surface area contributed by atoms with Crippen molar-refractivity contribution in [2.24, 2.45) is 5.92 Å². The lowest BCUT2D eigenvalue weighted by atomic mass is 10.1. The average molecular weight is 367 g/mol. The molecule has 2 aromatic rings. The third kappa shape index (κ3) is 5.08. The van der Waals surface area contributed by atoms with Crippen molar-refractivity contribution in [2.75, 3.05) is 17.2 Å². The van der Waals surface area contributed by atoms with Gasteiger partial charge in [-0.1, -0.05) is 43.1 Å². The topological polar surface area (TPSA) is 66.9 Å². The number of nitrogens with one attached hydrogen (secondary N) is 2. The monoisotopic (exact) mass is 366 g/mol. The number of hydrogen-bond acceptors (Lipinski definition) is 4. The van der Waals surface area contributed by atoms with E-state index in [2.05, 4.69) is 34.4 Å². The van der Waals surface area contributed by atoms with Crippen molar-refractivity contribution in [1.29, 1.82) is 0 Å². The molecule has 0 spiro atoms. The molecule has 0 bridgehead atoms. The van der Waals surface area contributed by atoms with Gasteiger partial charge in [0.1, 0.15) is 17.3 Å². The Balaban J connectivity index is 2.14. The van der Waals surface area contributed by atoms with Gasteiger partial charge in [0, 0.05) is 12.6 Å². The largest absolute Gasteiger partial charge is 0.370 e. The number of carbonyl (C=O) groups excluding carboxylic acids is 1. The van der Waals surface area contributed by atoms with Gasteiger partial charge >= 0.3 is 0 Å². The van der Waals surface area contributed by atoms with Crippen molar-refractivity contribution in [2.45, 2.75) is 27.2 Å². The highest BCUT2D eigenvalue weighted by atomic mass is 35.5. The Bertz CT molecular complexity index is 735. The predicted molar refractivity (Wildman–Crippen MR) is 99.1 cm³/mol. The summed E-state index contributed by atoms with van der Waals surface area (Å²) in [6.45, 7) is 6.84. The molecule has 128 valence electrons. The van der Waals surface area contributed by atoms with Crippen LogP contribution in [0.3, 0.4) is 0 Å². The van der Waals surface area contributed by atoms with Gasteiger partial charge in [0.15, 0.2) is 0 Å². The third-order valence-corrected chi connectivity index (χ3v) is 4.12. The van der Waals surface area contributed by atoms with Crippen LogP contribution in [-0.4, -0.2) is 22.4 Å². The van der Waals surface area contributed by atoms with E-state index in [1.54, 1.807) is 31.2 Å². The number of hydrogen-bond donors (Lipinski definition) is 2. The number of anilines is 2. The maximum atomic E-state index is 12.4. The molecular formula is C17H20Cl2N4O. The van der Waals surface area contributed by atoms with E-state index in [0.717, 1.165) is 13.0 Å². The summed E-state index contributed by atoms with van der Waals surface area (Å²) in [4.78, 5) is 20.9. The van der Waals surface area contributed by atoms with E-state index in [1.807, 2.05) is 0 Å². The lowest BCUT2D eigenvalue weighted by molar-refractivity contribution is 0.102. The highest BCUT2D eigenvalue weighted by Gasteiger charge is 2.13. The second kappa shape index (κ2) is 8.31. The molecule has 7 heteroatoms. The first-order valence-corrected chi connectivity index (χ1v) is 8.47. The smallest absolute Gasteiger partial charge is 0.274 e. The minimum absolute atomic E-state index is 0.269. The minimum Gasteiger partial charge on any atom is -0.370 e. The first-order valence-electron chi connectivity index (χ1n) is 7.71. The lowest BCUT2D eigenvalue weighted by Gasteiger charge is -2.11. The zero-order chi connectivity index (χ0) is 17.7. The summed E-state index contributed by atoms with van der Waals surface area (Å²) in [5.41, 5.74) is 0.713. The number of rotatable bonds is 6. The molecule has 24 heavy (non-hydrogen) atoms. The molecule has 0 aliphatic rings. The van der Waals surface area contributed by atoms with Gasteiger partial charge in [-0.3, -0.25) is 4.79 Å². The molecule has 0 saturated carbocycles. The van der Waals surface area contributed by atoms with E-state index in [4.69, 9.17) is 23.2 Å². The van der Waals surface area contributed by atoms with Gasteiger partial charge in [-0.25, -0.2) is 9.97 Å². The van der Waals surface area contributed by atoms with Crippen LogP contribution >= 0.6 is 23.2 Å². The molecule has 0 aliphatic heterocycles. The third-order valence-electron chi connectivity index (χ3n) is 3.30. The number of nitrogens with zero attached hydrogens (tertiary/aromatic N) is 2. The molecular weight excluding hydrogens is 347 g/mol. The van der Waals surface area contributed by atoms with Crippen LogP contribution in [0.25, 0.3) is 0 Å². The van der Waals surface area contributed by atoms with Crippen molar-refractivity contribution in [3.8, 4) is 0 Å². The number of carbonyl (C=O) groups is 1. The summed E-state index contributed by atoms with van der Waals surface area (Å²) in [6, 6.07) is 6.68. The summed E-state index contributed by atoms with van der Waals surface area (Å²) in [5, 5.41) is 6.62. The normalized spacial score (nSPS) is 10.8. The number of aromatic nitrogens is 2. The Labute approximate surface area is 151 Å². The second-order valence-corrected chi connectivity index (χ2v) is 6.64. The van der Waals surface area contributed by atoms with Crippen LogP contribution in [0.15, 0.2) is 24.3 Å². The van der Waals surface area contributed by atoms with E-state index in [1.165, 1.54) is 0 Å². The molecule has 0 fully saturated rings. The minimum atomic E-state index is -0.364. The summed E-state index contributed by atoms with van der Waals surface area (Å²) < 4.78 is 0. The summed E-state index contributed by atoms with van der Waals surface area (Å²) in [6.07, 6.45) is 1.02. The van der Waals surface area contributed by atoms with Crippen LogP contribution in [0.2, 0.25) is 10.0 Å². The molecule has 0 aliphatic carbocycles. The zero-order valence-corrected chi connectivity index (χ0v) is 15.4. The predicted octanol–water partition coefficient (Wildman–Crippen LogP) is 4.80. The maximum absolute atomic E-state index is 12.4. The molecule has 1 aromatic heterocycles. The fraction of sp³-hybridized carbons (Fsp3) is 0.353. The van der Waals surface area contributed by atoms with Crippen LogP contribution in [0, 0.1) is 12.8 Å². The van der Waals surface area contributed by atoms with E-state index < -0.39 is 0 Å². The van der Waals surface area contributed by atoms with Gasteiger partial charge in [0.25, 0.3) is 5.91 Å². The zero-order valence-electron chi connectivity index (χ0n) is 13.9. The molecule has 0 unspecified atom stereocenters. The number of halogens is 2. The van der Waals surface area contributed by atoms with Crippen LogP contribution in [0.1, 0.15) is 36.6 Å². The standard InChI is InChI=1S/C17H20Cl2N4O/c1-10(2)7-8-20-15-9-14(21-11(3)22-15)17(24)23-13-6-4-5-12(18)16(13)19/h4-6,9-10H,7-8H2,1-3H3,(H,23,24)(H,20,21,22). The van der Waals surface area contributed by atoms with Crippen molar-refractivity contribution in [3.05, 3.63) is 45.8 Å². The Morgan fingerprint density at radius 1 is 1.25 bits per heavy atom. The van der Waals surface area contributed by atoms with E-state index in [0.29, 0.717) is 33.3 Å². The van der Waals surface area contributed by atoms with Gasteiger partial charge in [-0.2, -0.15) is 0 Å². The molecule has 2 N–H and O–H groups in total. The second-order valence-electron chi connectivity index (χ2n) is 5.85. The highest BCUT2D eigenvalue weighted by molar-refractivity contribution is 6.44. The van der Waals surface area contributed by atoms with Gasteiger partial charge in [0.05, 0.1) is 15.7 Å². The van der Waals surface area contributed by atoms with Gasteiger partial charge in [-0.15, -0.1) is 0 Å². The Hall–Kier alpha value is -1.85. The lowest BCUT2D eigenvalue weighted by Crippen LogP contribution is -2.16. The number of amides is 1. The van der Waals surface area contributed by atoms with E-state index in [-0.39, 0.29) is 11.6 Å². The first-order chi connectivity index (χ1) is 11.4.